The SMILES string of the molecule is CCC(CO)(CO)CO.O=C(O)/C=C\C(=O)O. The highest BCUT2D eigenvalue weighted by Gasteiger charge is 2.24. The first kappa shape index (κ1) is 17.9. The van der Waals surface area contributed by atoms with Gasteiger partial charge in [0, 0.05) is 17.6 Å². The van der Waals surface area contributed by atoms with Gasteiger partial charge in [0.1, 0.15) is 0 Å². The molecule has 0 rings (SSSR count). The van der Waals surface area contributed by atoms with Crippen LogP contribution in [0.3, 0.4) is 0 Å². The third kappa shape index (κ3) is 9.49. The first-order chi connectivity index (χ1) is 7.87. The Balaban J connectivity index is 0. The maximum atomic E-state index is 9.55. The molecule has 7 heteroatoms. The van der Waals surface area contributed by atoms with Crippen molar-refractivity contribution in [1.82, 2.24) is 0 Å². The Kier molecular flexibility index (Phi) is 10.3. The van der Waals surface area contributed by atoms with E-state index >= 15 is 0 Å². The molecule has 100 valence electrons. The standard InChI is InChI=1S/C6H14O3.C4H4O4/c1-2-6(3-7,4-8)5-9;5-3(6)1-2-4(7)8/h7-9H,2-5H2,1H3;1-2H,(H,5,6)(H,7,8)/b;2-1-. The van der Waals surface area contributed by atoms with Crippen LogP contribution in [0, 0.1) is 5.41 Å². The van der Waals surface area contributed by atoms with Gasteiger partial charge >= 0.3 is 11.9 Å². The van der Waals surface area contributed by atoms with Crippen LogP contribution in [0.25, 0.3) is 0 Å². The fourth-order valence-corrected chi connectivity index (χ4v) is 0.628. The number of carbonyl (C=O) groups is 2. The first-order valence-electron chi connectivity index (χ1n) is 4.84. The molecule has 0 saturated heterocycles. The molecule has 0 bridgehead atoms. The van der Waals surface area contributed by atoms with E-state index < -0.39 is 17.4 Å². The maximum Gasteiger partial charge on any atom is 0.328 e. The van der Waals surface area contributed by atoms with Crippen molar-refractivity contribution in [3.8, 4) is 0 Å². The van der Waals surface area contributed by atoms with Crippen molar-refractivity contribution in [2.75, 3.05) is 19.8 Å². The third-order valence-electron chi connectivity index (χ3n) is 2.12. The number of hydrogen-bond donors (Lipinski definition) is 5. The number of aliphatic hydroxyl groups excluding tert-OH is 3. The average Bonchev–Trinajstić information content (AvgIpc) is 2.31. The molecule has 0 unspecified atom stereocenters. The summed E-state index contributed by atoms with van der Waals surface area (Å²) in [5.74, 6) is -2.51. The van der Waals surface area contributed by atoms with Gasteiger partial charge in [-0.2, -0.15) is 0 Å². The van der Waals surface area contributed by atoms with E-state index in [1.54, 1.807) is 0 Å². The number of aliphatic carboxylic acids is 2. The summed E-state index contributed by atoms with van der Waals surface area (Å²) in [5.41, 5.74) is -0.667. The fraction of sp³-hybridized carbons (Fsp3) is 0.600. The van der Waals surface area contributed by atoms with Crippen molar-refractivity contribution in [2.45, 2.75) is 13.3 Å². The lowest BCUT2D eigenvalue weighted by Crippen LogP contribution is -2.32. The van der Waals surface area contributed by atoms with E-state index in [1.807, 2.05) is 6.92 Å². The van der Waals surface area contributed by atoms with E-state index in [9.17, 15) is 9.59 Å². The van der Waals surface area contributed by atoms with Gasteiger partial charge in [-0.05, 0) is 6.42 Å². The summed E-state index contributed by atoms with van der Waals surface area (Å²) in [4.78, 5) is 19.1. The molecular weight excluding hydrogens is 232 g/mol. The molecule has 0 amide bonds. The molecular formula is C10H18O7. The second-order valence-electron chi connectivity index (χ2n) is 3.34. The summed E-state index contributed by atoms with van der Waals surface area (Å²) in [6.45, 7) is 1.35. The Bertz CT molecular complexity index is 222. The molecule has 0 saturated carbocycles. The van der Waals surface area contributed by atoms with Gasteiger partial charge in [0.05, 0.1) is 19.8 Å². The van der Waals surface area contributed by atoms with E-state index in [0.29, 0.717) is 18.6 Å². The van der Waals surface area contributed by atoms with Crippen molar-refractivity contribution in [3.63, 3.8) is 0 Å². The smallest absolute Gasteiger partial charge is 0.328 e. The van der Waals surface area contributed by atoms with Crippen LogP contribution in [0.4, 0.5) is 0 Å². The highest BCUT2D eigenvalue weighted by atomic mass is 16.4. The number of aliphatic hydroxyl groups is 3. The second-order valence-corrected chi connectivity index (χ2v) is 3.34. The Morgan fingerprint density at radius 3 is 1.29 bits per heavy atom. The normalized spacial score (nSPS) is 10.8. The summed E-state index contributed by atoms with van der Waals surface area (Å²) in [6.07, 6.45) is 1.71. The first-order valence-corrected chi connectivity index (χ1v) is 4.84. The predicted molar refractivity (Wildman–Crippen MR) is 58.4 cm³/mol. The molecule has 0 aliphatic carbocycles. The van der Waals surface area contributed by atoms with Crippen LogP contribution in [0.2, 0.25) is 0 Å². The van der Waals surface area contributed by atoms with Crippen LogP contribution in [0.5, 0.6) is 0 Å². The lowest BCUT2D eigenvalue weighted by molar-refractivity contribution is -0.134. The van der Waals surface area contributed by atoms with Crippen LogP contribution < -0.4 is 0 Å². The highest BCUT2D eigenvalue weighted by molar-refractivity contribution is 5.89. The van der Waals surface area contributed by atoms with Crippen LogP contribution in [-0.2, 0) is 9.59 Å². The summed E-state index contributed by atoms with van der Waals surface area (Å²) in [5, 5.41) is 41.6. The Hall–Kier alpha value is -1.44. The van der Waals surface area contributed by atoms with Gasteiger partial charge in [0.15, 0.2) is 0 Å². The molecule has 7 nitrogen and oxygen atoms in total. The largest absolute Gasteiger partial charge is 0.478 e. The minimum absolute atomic E-state index is 0.156. The van der Waals surface area contributed by atoms with E-state index in [1.165, 1.54) is 0 Å². The van der Waals surface area contributed by atoms with Crippen LogP contribution in [0.15, 0.2) is 12.2 Å². The molecule has 0 aromatic heterocycles. The van der Waals surface area contributed by atoms with Gasteiger partial charge in [0.25, 0.3) is 0 Å². The van der Waals surface area contributed by atoms with Crippen molar-refractivity contribution in [3.05, 3.63) is 12.2 Å². The minimum Gasteiger partial charge on any atom is -0.478 e. The zero-order chi connectivity index (χ0) is 13.9. The molecule has 0 fully saturated rings. The molecule has 0 aromatic rings. The number of carboxylic acids is 2. The number of hydrogen-bond acceptors (Lipinski definition) is 5. The molecule has 0 aliphatic heterocycles. The molecule has 0 spiro atoms. The molecule has 0 aromatic carbocycles. The molecule has 0 heterocycles. The predicted octanol–water partition coefficient (Wildman–Crippen LogP) is -0.928. The van der Waals surface area contributed by atoms with Gasteiger partial charge in [0.2, 0.25) is 0 Å². The van der Waals surface area contributed by atoms with Crippen molar-refractivity contribution in [2.24, 2.45) is 5.41 Å². The Morgan fingerprint density at radius 2 is 1.24 bits per heavy atom. The van der Waals surface area contributed by atoms with Crippen molar-refractivity contribution in [1.29, 1.82) is 0 Å². The lowest BCUT2D eigenvalue weighted by atomic mass is 9.88. The Morgan fingerprint density at radius 1 is 0.941 bits per heavy atom. The van der Waals surface area contributed by atoms with Gasteiger partial charge in [-0.1, -0.05) is 6.92 Å². The van der Waals surface area contributed by atoms with Gasteiger partial charge in [-0.3, -0.25) is 0 Å². The number of rotatable bonds is 6. The van der Waals surface area contributed by atoms with E-state index in [4.69, 9.17) is 25.5 Å². The number of carboxylic acid groups (broad SMARTS) is 2. The topological polar surface area (TPSA) is 135 Å². The van der Waals surface area contributed by atoms with E-state index in [2.05, 4.69) is 0 Å². The summed E-state index contributed by atoms with van der Waals surface area (Å²) in [6, 6.07) is 0. The molecule has 0 radical (unpaired) electrons. The Labute approximate surface area is 98.6 Å². The third-order valence-corrected chi connectivity index (χ3v) is 2.12. The van der Waals surface area contributed by atoms with Crippen LogP contribution in [-0.4, -0.2) is 57.3 Å². The average molecular weight is 250 g/mol. The molecule has 0 atom stereocenters. The van der Waals surface area contributed by atoms with Gasteiger partial charge in [-0.25, -0.2) is 9.59 Å². The second kappa shape index (κ2) is 9.76. The quantitative estimate of drug-likeness (QED) is 0.384. The van der Waals surface area contributed by atoms with Crippen molar-refractivity contribution < 1.29 is 35.1 Å². The fourth-order valence-electron chi connectivity index (χ4n) is 0.628. The maximum absolute atomic E-state index is 9.55. The van der Waals surface area contributed by atoms with E-state index in [-0.39, 0.29) is 19.8 Å². The van der Waals surface area contributed by atoms with E-state index in [0.717, 1.165) is 0 Å². The zero-order valence-electron chi connectivity index (χ0n) is 9.54. The summed E-state index contributed by atoms with van der Waals surface area (Å²) >= 11 is 0. The summed E-state index contributed by atoms with van der Waals surface area (Å²) in [7, 11) is 0. The molecule has 0 aliphatic rings. The molecule has 17 heavy (non-hydrogen) atoms. The van der Waals surface area contributed by atoms with Crippen LogP contribution >= 0.6 is 0 Å². The lowest BCUT2D eigenvalue weighted by Gasteiger charge is -2.24. The minimum atomic E-state index is -1.26. The zero-order valence-corrected chi connectivity index (χ0v) is 9.54. The van der Waals surface area contributed by atoms with Gasteiger partial charge < -0.3 is 25.5 Å². The van der Waals surface area contributed by atoms with Gasteiger partial charge in [-0.15, -0.1) is 0 Å². The summed E-state index contributed by atoms with van der Waals surface area (Å²) < 4.78 is 0. The van der Waals surface area contributed by atoms with Crippen LogP contribution in [0.1, 0.15) is 13.3 Å². The van der Waals surface area contributed by atoms with Crippen molar-refractivity contribution >= 4 is 11.9 Å². The molecule has 5 N–H and O–H groups in total. The highest BCUT2D eigenvalue weighted by Crippen LogP contribution is 2.18. The monoisotopic (exact) mass is 250 g/mol.